The molecule has 0 saturated heterocycles. The molecule has 0 fully saturated rings. The van der Waals surface area contributed by atoms with E-state index >= 15 is 0 Å². The first-order chi connectivity index (χ1) is 8.67. The zero-order valence-corrected chi connectivity index (χ0v) is 10.5. The van der Waals surface area contributed by atoms with Gasteiger partial charge in [0, 0.05) is 6.20 Å². The molecule has 96 valence electrons. The molecule has 5 nitrogen and oxygen atoms in total. The lowest BCUT2D eigenvalue weighted by Crippen LogP contribution is -2.21. The summed E-state index contributed by atoms with van der Waals surface area (Å²) in [6, 6.07) is 3.72. The summed E-state index contributed by atoms with van der Waals surface area (Å²) in [5.74, 6) is 0.231. The molecule has 2 aromatic rings. The largest absolute Gasteiger partial charge is 0.484 e. The maximum atomic E-state index is 12.3. The van der Waals surface area contributed by atoms with Gasteiger partial charge in [0.1, 0.15) is 12.3 Å². The van der Waals surface area contributed by atoms with E-state index in [-0.39, 0.29) is 24.5 Å². The van der Waals surface area contributed by atoms with Gasteiger partial charge in [0.25, 0.3) is 0 Å². The third-order valence-corrected chi connectivity index (χ3v) is 2.67. The van der Waals surface area contributed by atoms with E-state index in [1.54, 1.807) is 6.20 Å². The highest BCUT2D eigenvalue weighted by Gasteiger charge is 2.12. The van der Waals surface area contributed by atoms with Crippen molar-refractivity contribution < 1.29 is 9.84 Å². The molecule has 1 N–H and O–H groups in total. The average molecular weight is 248 g/mol. The topological polar surface area (TPSA) is 63.8 Å². The van der Waals surface area contributed by atoms with E-state index in [9.17, 15) is 4.79 Å². The normalized spacial score (nSPS) is 10.8. The molecule has 0 aliphatic heterocycles. The highest BCUT2D eigenvalue weighted by molar-refractivity contribution is 5.44. The highest BCUT2D eigenvalue weighted by atomic mass is 16.5. The molecule has 0 saturated carbocycles. The number of aromatic nitrogens is 2. The summed E-state index contributed by atoms with van der Waals surface area (Å²) in [5.41, 5.74) is 1.98. The van der Waals surface area contributed by atoms with Crippen LogP contribution in [0, 0.1) is 6.92 Å². The van der Waals surface area contributed by atoms with Gasteiger partial charge >= 0.3 is 5.56 Å². The maximum absolute atomic E-state index is 12.3. The molecule has 0 amide bonds. The summed E-state index contributed by atoms with van der Waals surface area (Å²) in [6.45, 7) is 3.80. The van der Waals surface area contributed by atoms with E-state index in [0.717, 1.165) is 5.56 Å². The second-order valence-corrected chi connectivity index (χ2v) is 4.05. The Kier molecular flexibility index (Phi) is 3.62. The minimum Gasteiger partial charge on any atom is -0.484 e. The zero-order chi connectivity index (χ0) is 13.1. The third kappa shape index (κ3) is 2.22. The summed E-state index contributed by atoms with van der Waals surface area (Å²) < 4.78 is 6.78. The maximum Gasteiger partial charge on any atom is 0.300 e. The molecule has 0 bridgehead atoms. The fourth-order valence-electron chi connectivity index (χ4n) is 1.81. The van der Waals surface area contributed by atoms with Crippen LogP contribution in [0.5, 0.6) is 5.75 Å². The second-order valence-electron chi connectivity index (χ2n) is 4.05. The summed E-state index contributed by atoms with van der Waals surface area (Å²) in [7, 11) is 0. The van der Waals surface area contributed by atoms with Gasteiger partial charge in [-0.3, -0.25) is 9.20 Å². The molecule has 0 aliphatic carbocycles. The summed E-state index contributed by atoms with van der Waals surface area (Å²) in [5, 5.41) is 8.79. The van der Waals surface area contributed by atoms with E-state index in [1.807, 2.05) is 26.0 Å². The van der Waals surface area contributed by atoms with Crippen LogP contribution < -0.4 is 10.3 Å². The van der Waals surface area contributed by atoms with Gasteiger partial charge in [0.15, 0.2) is 0 Å². The Balaban J connectivity index is 2.67. The van der Waals surface area contributed by atoms with Gasteiger partial charge in [0.05, 0.1) is 12.3 Å². The highest BCUT2D eigenvalue weighted by Crippen LogP contribution is 2.13. The molecule has 0 aliphatic rings. The summed E-state index contributed by atoms with van der Waals surface area (Å²) >= 11 is 0. The van der Waals surface area contributed by atoms with Crippen LogP contribution in [0.3, 0.4) is 0 Å². The van der Waals surface area contributed by atoms with Crippen molar-refractivity contribution in [3.05, 3.63) is 39.9 Å². The fourth-order valence-corrected chi connectivity index (χ4v) is 1.81. The van der Waals surface area contributed by atoms with Crippen molar-refractivity contribution >= 4 is 5.65 Å². The third-order valence-electron chi connectivity index (χ3n) is 2.67. The van der Waals surface area contributed by atoms with Crippen molar-refractivity contribution in [3.8, 4) is 5.75 Å². The Morgan fingerprint density at radius 3 is 2.89 bits per heavy atom. The van der Waals surface area contributed by atoms with Crippen LogP contribution in [-0.2, 0) is 6.42 Å². The van der Waals surface area contributed by atoms with Gasteiger partial charge in [-0.15, -0.1) is 0 Å². The van der Waals surface area contributed by atoms with E-state index in [1.165, 1.54) is 4.40 Å². The molecular formula is C13H16N2O3. The smallest absolute Gasteiger partial charge is 0.300 e. The molecular weight excluding hydrogens is 232 g/mol. The number of aliphatic hydroxyl groups excluding tert-OH is 1. The Morgan fingerprint density at radius 2 is 2.22 bits per heavy atom. The number of pyridine rings is 1. The van der Waals surface area contributed by atoms with E-state index in [2.05, 4.69) is 4.98 Å². The summed E-state index contributed by atoms with van der Waals surface area (Å²) in [4.78, 5) is 16.7. The molecule has 2 rings (SSSR count). The molecule has 18 heavy (non-hydrogen) atoms. The first-order valence-electron chi connectivity index (χ1n) is 5.93. The van der Waals surface area contributed by atoms with Crippen LogP contribution in [0.25, 0.3) is 5.65 Å². The molecule has 5 heteroatoms. The van der Waals surface area contributed by atoms with Gasteiger partial charge in [-0.05, 0) is 25.0 Å². The Morgan fingerprint density at radius 1 is 1.44 bits per heavy atom. The number of hydrogen-bond acceptors (Lipinski definition) is 4. The quantitative estimate of drug-likeness (QED) is 0.874. The number of hydrogen-bond donors (Lipinski definition) is 1. The number of ether oxygens (including phenoxy) is 1. The molecule has 2 aromatic heterocycles. The number of fused-ring (bicyclic) bond motifs is 1. The first kappa shape index (κ1) is 12.6. The van der Waals surface area contributed by atoms with Gasteiger partial charge in [0.2, 0.25) is 5.75 Å². The molecule has 0 radical (unpaired) electrons. The van der Waals surface area contributed by atoms with E-state index < -0.39 is 0 Å². The molecule has 0 spiro atoms. The Labute approximate surface area is 105 Å². The van der Waals surface area contributed by atoms with Crippen molar-refractivity contribution in [1.82, 2.24) is 9.38 Å². The van der Waals surface area contributed by atoms with Crippen molar-refractivity contribution in [2.75, 3.05) is 13.2 Å². The van der Waals surface area contributed by atoms with Crippen LogP contribution in [0.15, 0.2) is 23.1 Å². The molecule has 0 atom stereocenters. The second kappa shape index (κ2) is 5.18. The van der Waals surface area contributed by atoms with Crippen LogP contribution in [0.1, 0.15) is 18.2 Å². The van der Waals surface area contributed by atoms with Crippen LogP contribution in [0.4, 0.5) is 0 Å². The van der Waals surface area contributed by atoms with Gasteiger partial charge in [-0.1, -0.05) is 13.0 Å². The molecule has 0 unspecified atom stereocenters. The minimum atomic E-state index is -0.228. The average Bonchev–Trinajstić information content (AvgIpc) is 2.38. The molecule has 0 aromatic carbocycles. The van der Waals surface area contributed by atoms with Crippen molar-refractivity contribution in [2.45, 2.75) is 20.3 Å². The summed E-state index contributed by atoms with van der Waals surface area (Å²) in [6.07, 6.45) is 2.34. The minimum absolute atomic E-state index is 0.0990. The van der Waals surface area contributed by atoms with E-state index in [0.29, 0.717) is 17.8 Å². The standard InChI is InChI=1S/C13H16N2O3/c1-3-10-12(18-7-6-16)13(17)15-8-9(2)4-5-11(15)14-10/h4-5,8,16H,3,6-7H2,1-2H3. The monoisotopic (exact) mass is 248 g/mol. The number of aliphatic hydroxyl groups is 1. The Hall–Kier alpha value is -1.88. The first-order valence-corrected chi connectivity index (χ1v) is 5.93. The van der Waals surface area contributed by atoms with Crippen molar-refractivity contribution in [1.29, 1.82) is 0 Å². The van der Waals surface area contributed by atoms with Gasteiger partial charge in [-0.25, -0.2) is 4.98 Å². The van der Waals surface area contributed by atoms with Gasteiger partial charge < -0.3 is 9.84 Å². The van der Waals surface area contributed by atoms with Crippen LogP contribution in [-0.4, -0.2) is 27.7 Å². The lowest BCUT2D eigenvalue weighted by atomic mass is 10.2. The van der Waals surface area contributed by atoms with Crippen molar-refractivity contribution in [3.63, 3.8) is 0 Å². The SMILES string of the molecule is CCc1nc2ccc(C)cn2c(=O)c1OCCO. The number of rotatable bonds is 4. The van der Waals surface area contributed by atoms with Crippen LogP contribution in [0.2, 0.25) is 0 Å². The zero-order valence-electron chi connectivity index (χ0n) is 10.5. The van der Waals surface area contributed by atoms with Crippen molar-refractivity contribution in [2.24, 2.45) is 0 Å². The number of aryl methyl sites for hydroxylation is 2. The van der Waals surface area contributed by atoms with Crippen LogP contribution >= 0.6 is 0 Å². The van der Waals surface area contributed by atoms with Gasteiger partial charge in [-0.2, -0.15) is 0 Å². The fraction of sp³-hybridized carbons (Fsp3) is 0.385. The lowest BCUT2D eigenvalue weighted by Gasteiger charge is -2.10. The number of nitrogens with zero attached hydrogens (tertiary/aromatic N) is 2. The predicted molar refractivity (Wildman–Crippen MR) is 68.2 cm³/mol. The lowest BCUT2D eigenvalue weighted by molar-refractivity contribution is 0.198. The van der Waals surface area contributed by atoms with E-state index in [4.69, 9.17) is 9.84 Å². The molecule has 2 heterocycles. The Bertz CT molecular complexity index is 619. The predicted octanol–water partition coefficient (Wildman–Crippen LogP) is 0.936.